The predicted octanol–water partition coefficient (Wildman–Crippen LogP) is 2.76. The van der Waals surface area contributed by atoms with Crippen molar-refractivity contribution in [1.82, 2.24) is 19.9 Å². The predicted molar refractivity (Wildman–Crippen MR) is 96.3 cm³/mol. The number of carbonyl (C=O) groups excluding carboxylic acids is 1. The normalized spacial score (nSPS) is 11.0. The monoisotopic (exact) mass is 338 g/mol. The van der Waals surface area contributed by atoms with Crippen LogP contribution in [0.15, 0.2) is 42.6 Å². The molecule has 0 bridgehead atoms. The Labute approximate surface area is 146 Å². The fourth-order valence-electron chi connectivity index (χ4n) is 2.59. The number of pyridine rings is 1. The first-order chi connectivity index (χ1) is 12.1. The van der Waals surface area contributed by atoms with Gasteiger partial charge in [-0.2, -0.15) is 0 Å². The van der Waals surface area contributed by atoms with Crippen LogP contribution in [-0.2, 0) is 17.9 Å². The molecule has 0 aliphatic heterocycles. The number of hydrogen-bond acceptors (Lipinski definition) is 4. The van der Waals surface area contributed by atoms with Gasteiger partial charge in [0.15, 0.2) is 5.65 Å². The number of benzene rings is 1. The number of imidazole rings is 1. The van der Waals surface area contributed by atoms with E-state index >= 15 is 0 Å². The molecule has 0 radical (unpaired) electrons. The van der Waals surface area contributed by atoms with E-state index in [-0.39, 0.29) is 11.8 Å². The molecular weight excluding hydrogens is 316 g/mol. The molecule has 3 rings (SSSR count). The van der Waals surface area contributed by atoms with Crippen LogP contribution in [0.25, 0.3) is 11.2 Å². The third-order valence-electron chi connectivity index (χ3n) is 4.03. The SMILES string of the molecule is COc1ccc(Cn2c(CNC(=O)C(C)C)nc3cccnc32)cc1. The minimum atomic E-state index is -0.0578. The van der Waals surface area contributed by atoms with E-state index in [2.05, 4.69) is 15.3 Å². The highest BCUT2D eigenvalue weighted by molar-refractivity contribution is 5.78. The fourth-order valence-corrected chi connectivity index (χ4v) is 2.59. The summed E-state index contributed by atoms with van der Waals surface area (Å²) < 4.78 is 7.25. The van der Waals surface area contributed by atoms with Gasteiger partial charge in [-0.15, -0.1) is 0 Å². The van der Waals surface area contributed by atoms with Crippen LogP contribution in [0.3, 0.4) is 0 Å². The molecule has 0 atom stereocenters. The molecule has 2 heterocycles. The molecule has 0 spiro atoms. The van der Waals surface area contributed by atoms with Gasteiger partial charge in [-0.1, -0.05) is 26.0 Å². The lowest BCUT2D eigenvalue weighted by molar-refractivity contribution is -0.124. The highest BCUT2D eigenvalue weighted by atomic mass is 16.5. The summed E-state index contributed by atoms with van der Waals surface area (Å²) in [6, 6.07) is 11.7. The molecular formula is C19H22N4O2. The van der Waals surface area contributed by atoms with Gasteiger partial charge in [0.1, 0.15) is 17.1 Å². The van der Waals surface area contributed by atoms with Crippen LogP contribution in [0, 0.1) is 5.92 Å². The molecule has 1 amide bonds. The zero-order valence-electron chi connectivity index (χ0n) is 14.7. The minimum absolute atomic E-state index is 0.0102. The van der Waals surface area contributed by atoms with Gasteiger partial charge in [0, 0.05) is 12.1 Å². The first-order valence-corrected chi connectivity index (χ1v) is 8.29. The van der Waals surface area contributed by atoms with Gasteiger partial charge >= 0.3 is 0 Å². The second kappa shape index (κ2) is 7.34. The van der Waals surface area contributed by atoms with Crippen molar-refractivity contribution in [3.63, 3.8) is 0 Å². The average Bonchev–Trinajstić information content (AvgIpc) is 2.98. The highest BCUT2D eigenvalue weighted by Gasteiger charge is 2.14. The Hall–Kier alpha value is -2.89. The lowest BCUT2D eigenvalue weighted by Gasteiger charge is -2.11. The summed E-state index contributed by atoms with van der Waals surface area (Å²) >= 11 is 0. The number of nitrogens with zero attached hydrogens (tertiary/aromatic N) is 3. The number of amides is 1. The molecule has 130 valence electrons. The van der Waals surface area contributed by atoms with E-state index in [0.717, 1.165) is 28.3 Å². The van der Waals surface area contributed by atoms with Crippen molar-refractivity contribution in [2.75, 3.05) is 7.11 Å². The number of aromatic nitrogens is 3. The third-order valence-corrected chi connectivity index (χ3v) is 4.03. The molecule has 0 unspecified atom stereocenters. The summed E-state index contributed by atoms with van der Waals surface area (Å²) in [6.45, 7) is 4.75. The van der Waals surface area contributed by atoms with Gasteiger partial charge in [-0.25, -0.2) is 9.97 Å². The minimum Gasteiger partial charge on any atom is -0.497 e. The van der Waals surface area contributed by atoms with Crippen molar-refractivity contribution >= 4 is 17.1 Å². The van der Waals surface area contributed by atoms with Gasteiger partial charge < -0.3 is 14.6 Å². The Morgan fingerprint density at radius 2 is 2.00 bits per heavy atom. The van der Waals surface area contributed by atoms with Crippen LogP contribution < -0.4 is 10.1 Å². The van der Waals surface area contributed by atoms with Crippen LogP contribution in [-0.4, -0.2) is 27.6 Å². The van der Waals surface area contributed by atoms with E-state index in [1.807, 2.05) is 54.8 Å². The van der Waals surface area contributed by atoms with Gasteiger partial charge in [-0.3, -0.25) is 4.79 Å². The van der Waals surface area contributed by atoms with E-state index in [4.69, 9.17) is 4.74 Å². The van der Waals surface area contributed by atoms with Crippen LogP contribution in [0.1, 0.15) is 25.2 Å². The highest BCUT2D eigenvalue weighted by Crippen LogP contribution is 2.18. The largest absolute Gasteiger partial charge is 0.497 e. The Morgan fingerprint density at radius 3 is 2.68 bits per heavy atom. The molecule has 6 nitrogen and oxygen atoms in total. The van der Waals surface area contributed by atoms with Crippen molar-refractivity contribution in [2.24, 2.45) is 5.92 Å². The molecule has 1 N–H and O–H groups in total. The second-order valence-corrected chi connectivity index (χ2v) is 6.18. The molecule has 1 aromatic carbocycles. The van der Waals surface area contributed by atoms with Crippen molar-refractivity contribution in [3.05, 3.63) is 54.0 Å². The maximum atomic E-state index is 11.9. The van der Waals surface area contributed by atoms with E-state index < -0.39 is 0 Å². The number of methoxy groups -OCH3 is 1. The molecule has 0 aliphatic rings. The van der Waals surface area contributed by atoms with E-state index in [0.29, 0.717) is 13.1 Å². The summed E-state index contributed by atoms with van der Waals surface area (Å²) in [7, 11) is 1.65. The van der Waals surface area contributed by atoms with E-state index in [1.165, 1.54) is 0 Å². The number of carbonyl (C=O) groups is 1. The molecule has 25 heavy (non-hydrogen) atoms. The zero-order valence-corrected chi connectivity index (χ0v) is 14.7. The topological polar surface area (TPSA) is 69.0 Å². The van der Waals surface area contributed by atoms with Crippen molar-refractivity contribution in [3.8, 4) is 5.75 Å². The molecule has 0 saturated heterocycles. The maximum Gasteiger partial charge on any atom is 0.222 e. The van der Waals surface area contributed by atoms with Gasteiger partial charge in [0.05, 0.1) is 20.2 Å². The number of hydrogen-bond donors (Lipinski definition) is 1. The Bertz CT molecular complexity index is 869. The molecule has 2 aromatic heterocycles. The molecule has 3 aromatic rings. The van der Waals surface area contributed by atoms with Crippen LogP contribution in [0.4, 0.5) is 0 Å². The maximum absolute atomic E-state index is 11.9. The van der Waals surface area contributed by atoms with Crippen molar-refractivity contribution < 1.29 is 9.53 Å². The van der Waals surface area contributed by atoms with Gasteiger partial charge in [0.2, 0.25) is 5.91 Å². The van der Waals surface area contributed by atoms with Gasteiger partial charge in [0.25, 0.3) is 0 Å². The average molecular weight is 338 g/mol. The summed E-state index contributed by atoms with van der Waals surface area (Å²) in [6.07, 6.45) is 1.75. The van der Waals surface area contributed by atoms with E-state index in [1.54, 1.807) is 13.3 Å². The zero-order chi connectivity index (χ0) is 17.8. The first-order valence-electron chi connectivity index (χ1n) is 8.29. The lowest BCUT2D eigenvalue weighted by Crippen LogP contribution is -2.28. The Morgan fingerprint density at radius 1 is 1.24 bits per heavy atom. The number of nitrogens with one attached hydrogen (secondary N) is 1. The number of fused-ring (bicyclic) bond motifs is 1. The summed E-state index contributed by atoms with van der Waals surface area (Å²) in [4.78, 5) is 21.0. The fraction of sp³-hybridized carbons (Fsp3) is 0.316. The smallest absolute Gasteiger partial charge is 0.222 e. The van der Waals surface area contributed by atoms with E-state index in [9.17, 15) is 4.79 Å². The molecule has 0 fully saturated rings. The summed E-state index contributed by atoms with van der Waals surface area (Å²) in [5.41, 5.74) is 2.75. The molecule has 0 aliphatic carbocycles. The summed E-state index contributed by atoms with van der Waals surface area (Å²) in [5, 5.41) is 2.93. The van der Waals surface area contributed by atoms with Crippen molar-refractivity contribution in [1.29, 1.82) is 0 Å². The summed E-state index contributed by atoms with van der Waals surface area (Å²) in [5.74, 6) is 1.56. The lowest BCUT2D eigenvalue weighted by atomic mass is 10.2. The second-order valence-electron chi connectivity index (χ2n) is 6.18. The number of rotatable bonds is 6. The van der Waals surface area contributed by atoms with Crippen molar-refractivity contribution in [2.45, 2.75) is 26.9 Å². The van der Waals surface area contributed by atoms with Crippen LogP contribution in [0.2, 0.25) is 0 Å². The molecule has 0 saturated carbocycles. The number of ether oxygens (including phenoxy) is 1. The van der Waals surface area contributed by atoms with Crippen LogP contribution in [0.5, 0.6) is 5.75 Å². The quantitative estimate of drug-likeness (QED) is 0.750. The Balaban J connectivity index is 1.90. The van der Waals surface area contributed by atoms with Crippen LogP contribution >= 0.6 is 0 Å². The molecule has 6 heteroatoms. The first kappa shape index (κ1) is 17.0. The third kappa shape index (κ3) is 3.79. The Kier molecular flexibility index (Phi) is 4.97. The standard InChI is InChI=1S/C19H22N4O2/c1-13(2)19(24)21-11-17-22-16-5-4-10-20-18(16)23(17)12-14-6-8-15(25-3)9-7-14/h4-10,13H,11-12H2,1-3H3,(H,21,24). The van der Waals surface area contributed by atoms with Gasteiger partial charge in [-0.05, 0) is 29.8 Å².